The molecule has 1 heterocycles. The van der Waals surface area contributed by atoms with E-state index in [9.17, 15) is 4.21 Å². The van der Waals surface area contributed by atoms with Gasteiger partial charge in [-0.2, -0.15) is 4.40 Å². The second kappa shape index (κ2) is 6.81. The fourth-order valence-electron chi connectivity index (χ4n) is 2.49. The minimum Gasteiger partial charge on any atom is -0.485 e. The molecule has 2 atom stereocenters. The van der Waals surface area contributed by atoms with Gasteiger partial charge in [-0.05, 0) is 44.5 Å². The van der Waals surface area contributed by atoms with Crippen LogP contribution in [0.5, 0.6) is 5.75 Å². The second-order valence-electron chi connectivity index (χ2n) is 6.76. The van der Waals surface area contributed by atoms with Crippen molar-refractivity contribution >= 4 is 32.6 Å². The molecule has 0 amide bonds. The van der Waals surface area contributed by atoms with E-state index in [1.807, 2.05) is 69.3 Å². The van der Waals surface area contributed by atoms with Gasteiger partial charge in [0.15, 0.2) is 0 Å². The summed E-state index contributed by atoms with van der Waals surface area (Å²) in [4.78, 5) is 0. The molecular weight excluding hydrogens is 386 g/mol. The average molecular weight is 406 g/mol. The molecule has 0 fully saturated rings. The Kier molecular flexibility index (Phi) is 4.92. The maximum absolute atomic E-state index is 12.5. The normalized spacial score (nSPS) is 20.3. The Bertz CT molecular complexity index is 797. The van der Waals surface area contributed by atoms with Crippen LogP contribution in [0.15, 0.2) is 57.4 Å². The Hall–Kier alpha value is -1.46. The summed E-state index contributed by atoms with van der Waals surface area (Å²) in [7, 11) is -1.30. The average Bonchev–Trinajstić information content (AvgIpc) is 2.55. The van der Waals surface area contributed by atoms with Crippen molar-refractivity contribution in [2.45, 2.75) is 38.0 Å². The maximum atomic E-state index is 12.5. The SMILES string of the molecule is CC(C)(C)[S@@](=O)/N=C1\CC(c2ccccc2)Oc2ccc(Br)cc21. The Morgan fingerprint density at radius 1 is 1.17 bits per heavy atom. The molecule has 2 aromatic rings. The molecule has 1 unspecified atom stereocenters. The Morgan fingerprint density at radius 3 is 2.54 bits per heavy atom. The van der Waals surface area contributed by atoms with Gasteiger partial charge in [0.1, 0.15) is 22.8 Å². The van der Waals surface area contributed by atoms with Crippen LogP contribution in [0.2, 0.25) is 0 Å². The third kappa shape index (κ3) is 3.78. The van der Waals surface area contributed by atoms with E-state index >= 15 is 0 Å². The molecule has 3 rings (SSSR count). The molecule has 0 bridgehead atoms. The third-order valence-electron chi connectivity index (χ3n) is 3.79. The van der Waals surface area contributed by atoms with Crippen LogP contribution in [0.4, 0.5) is 0 Å². The summed E-state index contributed by atoms with van der Waals surface area (Å²) in [5.41, 5.74) is 2.84. The van der Waals surface area contributed by atoms with Gasteiger partial charge >= 0.3 is 0 Å². The van der Waals surface area contributed by atoms with Crippen LogP contribution in [0, 0.1) is 0 Å². The van der Waals surface area contributed by atoms with Crippen LogP contribution < -0.4 is 4.74 Å². The third-order valence-corrected chi connectivity index (χ3v) is 5.72. The van der Waals surface area contributed by atoms with E-state index in [0.29, 0.717) is 6.42 Å². The largest absolute Gasteiger partial charge is 0.485 e. The number of halogens is 1. The van der Waals surface area contributed by atoms with Crippen LogP contribution in [-0.2, 0) is 11.0 Å². The lowest BCUT2D eigenvalue weighted by atomic mass is 9.96. The zero-order valence-corrected chi connectivity index (χ0v) is 16.4. The zero-order valence-electron chi connectivity index (χ0n) is 14.0. The molecule has 0 spiro atoms. The molecule has 126 valence electrons. The fraction of sp³-hybridized carbons (Fsp3) is 0.316. The van der Waals surface area contributed by atoms with Gasteiger partial charge in [0, 0.05) is 16.5 Å². The highest BCUT2D eigenvalue weighted by molar-refractivity contribution is 9.10. The van der Waals surface area contributed by atoms with Crippen LogP contribution in [0.25, 0.3) is 0 Å². The van der Waals surface area contributed by atoms with Crippen molar-refractivity contribution in [3.05, 3.63) is 64.1 Å². The van der Waals surface area contributed by atoms with Crippen LogP contribution in [0.1, 0.15) is 44.4 Å². The van der Waals surface area contributed by atoms with Crippen molar-refractivity contribution < 1.29 is 8.95 Å². The van der Waals surface area contributed by atoms with Crippen molar-refractivity contribution in [2.75, 3.05) is 0 Å². The van der Waals surface area contributed by atoms with Crippen LogP contribution in [-0.4, -0.2) is 14.7 Å². The van der Waals surface area contributed by atoms with E-state index in [4.69, 9.17) is 4.74 Å². The van der Waals surface area contributed by atoms with Gasteiger partial charge in [-0.15, -0.1) is 0 Å². The molecule has 3 nitrogen and oxygen atoms in total. The highest BCUT2D eigenvalue weighted by Crippen LogP contribution is 2.37. The summed E-state index contributed by atoms with van der Waals surface area (Å²) in [5.74, 6) is 0.781. The minimum absolute atomic E-state index is 0.115. The van der Waals surface area contributed by atoms with Crippen molar-refractivity contribution in [3.63, 3.8) is 0 Å². The molecule has 0 saturated carbocycles. The number of fused-ring (bicyclic) bond motifs is 1. The molecule has 24 heavy (non-hydrogen) atoms. The van der Waals surface area contributed by atoms with Crippen molar-refractivity contribution in [3.8, 4) is 5.75 Å². The molecule has 1 aliphatic rings. The smallest absolute Gasteiger partial charge is 0.145 e. The first kappa shape index (κ1) is 17.4. The van der Waals surface area contributed by atoms with Gasteiger partial charge in [0.25, 0.3) is 0 Å². The summed E-state index contributed by atoms with van der Waals surface area (Å²) < 4.78 is 23.8. The quantitative estimate of drug-likeness (QED) is 0.686. The Balaban J connectivity index is 2.05. The Labute approximate surface area is 153 Å². The Morgan fingerprint density at radius 2 is 1.88 bits per heavy atom. The zero-order chi connectivity index (χ0) is 17.3. The van der Waals surface area contributed by atoms with Gasteiger partial charge in [-0.1, -0.05) is 46.3 Å². The number of ether oxygens (including phenoxy) is 1. The van der Waals surface area contributed by atoms with Crippen molar-refractivity contribution in [1.29, 1.82) is 0 Å². The lowest BCUT2D eigenvalue weighted by Crippen LogP contribution is -2.25. The number of hydrogen-bond donors (Lipinski definition) is 0. The van der Waals surface area contributed by atoms with Gasteiger partial charge in [0.2, 0.25) is 0 Å². The van der Waals surface area contributed by atoms with Crippen molar-refractivity contribution in [2.24, 2.45) is 4.40 Å². The molecule has 0 aliphatic carbocycles. The van der Waals surface area contributed by atoms with Crippen molar-refractivity contribution in [1.82, 2.24) is 0 Å². The van der Waals surface area contributed by atoms with E-state index in [0.717, 1.165) is 27.1 Å². The monoisotopic (exact) mass is 405 g/mol. The van der Waals surface area contributed by atoms with E-state index in [-0.39, 0.29) is 10.9 Å². The molecule has 0 saturated heterocycles. The summed E-state index contributed by atoms with van der Waals surface area (Å²) in [5, 5.41) is 0. The van der Waals surface area contributed by atoms with Crippen LogP contribution in [0.3, 0.4) is 0 Å². The van der Waals surface area contributed by atoms with E-state index < -0.39 is 11.0 Å². The van der Waals surface area contributed by atoms with Gasteiger partial charge in [-0.3, -0.25) is 0 Å². The first-order valence-corrected chi connectivity index (χ1v) is 9.75. The molecule has 0 aromatic heterocycles. The van der Waals surface area contributed by atoms with Gasteiger partial charge < -0.3 is 4.74 Å². The summed E-state index contributed by atoms with van der Waals surface area (Å²) >= 11 is 3.50. The summed E-state index contributed by atoms with van der Waals surface area (Å²) in [6.07, 6.45) is 0.491. The summed E-state index contributed by atoms with van der Waals surface area (Å²) in [6.45, 7) is 5.80. The summed E-state index contributed by atoms with van der Waals surface area (Å²) in [6, 6.07) is 15.9. The fourth-order valence-corrected chi connectivity index (χ4v) is 3.50. The standard InChI is InChI=1S/C19H20BrNO2S/c1-19(2,3)24(22)21-16-12-18(13-7-5-4-6-8-13)23-17-10-9-14(20)11-15(16)17/h4-11,18H,12H2,1-3H3/b21-16+/t18?,24-/m1/s1. The number of benzene rings is 2. The van der Waals surface area contributed by atoms with E-state index in [2.05, 4.69) is 20.3 Å². The van der Waals surface area contributed by atoms with E-state index in [1.54, 1.807) is 0 Å². The lowest BCUT2D eigenvalue weighted by Gasteiger charge is -2.28. The molecule has 0 radical (unpaired) electrons. The highest BCUT2D eigenvalue weighted by Gasteiger charge is 2.28. The minimum atomic E-state index is -1.30. The number of hydrogen-bond acceptors (Lipinski definition) is 2. The van der Waals surface area contributed by atoms with Crippen LogP contribution >= 0.6 is 15.9 Å². The lowest BCUT2D eigenvalue weighted by molar-refractivity contribution is 0.206. The van der Waals surface area contributed by atoms with E-state index in [1.165, 1.54) is 0 Å². The molecule has 5 heteroatoms. The van der Waals surface area contributed by atoms with Gasteiger partial charge in [0.05, 0.1) is 10.5 Å². The first-order chi connectivity index (χ1) is 11.3. The molecular formula is C19H20BrNO2S. The number of rotatable bonds is 2. The molecule has 0 N–H and O–H groups in total. The topological polar surface area (TPSA) is 38.7 Å². The van der Waals surface area contributed by atoms with Gasteiger partial charge in [-0.25, -0.2) is 4.21 Å². The highest BCUT2D eigenvalue weighted by atomic mass is 79.9. The molecule has 2 aromatic carbocycles. The second-order valence-corrected chi connectivity index (χ2v) is 9.58. The molecule has 1 aliphatic heterocycles. The number of nitrogens with zero attached hydrogens (tertiary/aromatic N) is 1. The maximum Gasteiger partial charge on any atom is 0.145 e. The predicted octanol–water partition coefficient (Wildman–Crippen LogP) is 5.22. The first-order valence-electron chi connectivity index (χ1n) is 7.85. The predicted molar refractivity (Wildman–Crippen MR) is 103 cm³/mol.